The summed E-state index contributed by atoms with van der Waals surface area (Å²) < 4.78 is 10.9. The lowest BCUT2D eigenvalue weighted by molar-refractivity contribution is 0.561. The molecule has 0 aromatic carbocycles. The van der Waals surface area contributed by atoms with Crippen molar-refractivity contribution in [1.82, 2.24) is 0 Å². The maximum absolute atomic E-state index is 10.9. The third-order valence-corrected chi connectivity index (χ3v) is 0.325. The highest BCUT2D eigenvalue weighted by Gasteiger charge is 1.56. The Hall–Kier alpha value is -0.770. The van der Waals surface area contributed by atoms with Gasteiger partial charge in [-0.05, 0) is 13.8 Å². The van der Waals surface area contributed by atoms with Gasteiger partial charge >= 0.3 is 0 Å². The molecule has 0 aromatic heterocycles. The van der Waals surface area contributed by atoms with Crippen LogP contribution in [0.1, 0.15) is 27.7 Å². The Morgan fingerprint density at radius 3 is 1.80 bits per heavy atom. The first kappa shape index (κ1) is 16.1. The number of hydrogen-bond acceptors (Lipinski definition) is 0. The van der Waals surface area contributed by atoms with Crippen molar-refractivity contribution in [2.24, 2.45) is 0 Å². The Morgan fingerprint density at radius 2 is 1.80 bits per heavy atom. The second-order valence-corrected chi connectivity index (χ2v) is 1.01. The smallest absolute Gasteiger partial charge is 0.108 e. The number of alkyl halides is 1. The first-order valence-corrected chi connectivity index (χ1v) is 3.37. The number of allylic oxidation sites excluding steroid dienone is 2. The average Bonchev–Trinajstić information content (AvgIpc) is 1.96. The molecule has 0 fully saturated rings. The van der Waals surface area contributed by atoms with E-state index in [1.165, 1.54) is 6.08 Å². The lowest BCUT2D eigenvalue weighted by atomic mass is 10.6. The van der Waals surface area contributed by atoms with E-state index >= 15 is 0 Å². The highest BCUT2D eigenvalue weighted by molar-refractivity contribution is 4.74. The van der Waals surface area contributed by atoms with Gasteiger partial charge in [0.25, 0.3) is 0 Å². The van der Waals surface area contributed by atoms with Gasteiger partial charge in [-0.3, -0.25) is 0 Å². The predicted molar refractivity (Wildman–Crippen MR) is 46.6 cm³/mol. The molecule has 0 aliphatic carbocycles. The minimum absolute atomic E-state index is 0.337. The van der Waals surface area contributed by atoms with Crippen molar-refractivity contribution in [1.29, 1.82) is 0 Å². The van der Waals surface area contributed by atoms with Gasteiger partial charge < -0.3 is 0 Å². The first-order valence-electron chi connectivity index (χ1n) is 3.37. The summed E-state index contributed by atoms with van der Waals surface area (Å²) in [6, 6.07) is 0. The summed E-state index contributed by atoms with van der Waals surface area (Å²) >= 11 is 0. The third kappa shape index (κ3) is 185. The Bertz CT molecular complexity index is 77.2. The molecule has 0 radical (unpaired) electrons. The van der Waals surface area contributed by atoms with E-state index in [9.17, 15) is 4.39 Å². The molecule has 0 bridgehead atoms. The quantitative estimate of drug-likeness (QED) is 0.391. The molecular formula is C9H17F. The van der Waals surface area contributed by atoms with Crippen molar-refractivity contribution >= 4 is 0 Å². The Kier molecular flexibility index (Phi) is 66.4. The lowest BCUT2D eigenvalue weighted by Gasteiger charge is -1.62. The zero-order valence-electron chi connectivity index (χ0n) is 7.32. The fraction of sp³-hybridized carbons (Fsp3) is 0.556. The molecule has 0 spiro atoms. The Balaban J connectivity index is -0.0000000847. The van der Waals surface area contributed by atoms with Crippen LogP contribution in [0.5, 0.6) is 0 Å². The van der Waals surface area contributed by atoms with Gasteiger partial charge in [0.15, 0.2) is 0 Å². The maximum Gasteiger partial charge on any atom is 0.108 e. The van der Waals surface area contributed by atoms with Gasteiger partial charge in [0.05, 0.1) is 0 Å². The summed E-state index contributed by atoms with van der Waals surface area (Å²) in [6.45, 7) is 7.11. The normalized spacial score (nSPS) is 6.40. The molecule has 0 unspecified atom stereocenters. The topological polar surface area (TPSA) is 0 Å². The fourth-order valence-electron chi connectivity index (χ4n) is 0.0891. The van der Waals surface area contributed by atoms with Gasteiger partial charge in [-0.1, -0.05) is 26.0 Å². The molecule has 0 aliphatic rings. The maximum atomic E-state index is 10.9. The molecular weight excluding hydrogens is 127 g/mol. The van der Waals surface area contributed by atoms with Gasteiger partial charge in [0.1, 0.15) is 6.67 Å². The highest BCUT2D eigenvalue weighted by atomic mass is 19.1. The average molecular weight is 144 g/mol. The Labute approximate surface area is 64.1 Å². The fourth-order valence-corrected chi connectivity index (χ4v) is 0.0891. The molecule has 1 heteroatoms. The van der Waals surface area contributed by atoms with Gasteiger partial charge in [-0.15, -0.1) is 12.3 Å². The molecule has 0 rings (SSSR count). The Morgan fingerprint density at radius 1 is 1.50 bits per heavy atom. The highest BCUT2D eigenvalue weighted by Crippen LogP contribution is 1.67. The summed E-state index contributed by atoms with van der Waals surface area (Å²) in [4.78, 5) is 0. The van der Waals surface area contributed by atoms with Crippen LogP contribution in [0.4, 0.5) is 4.39 Å². The van der Waals surface area contributed by atoms with Crippen LogP contribution in [0.3, 0.4) is 0 Å². The molecule has 0 N–H and O–H groups in total. The van der Waals surface area contributed by atoms with Gasteiger partial charge in [0.2, 0.25) is 0 Å². The minimum Gasteiger partial charge on any atom is -0.247 e. The van der Waals surface area contributed by atoms with Crippen molar-refractivity contribution in [3.05, 3.63) is 12.2 Å². The molecule has 0 saturated carbocycles. The van der Waals surface area contributed by atoms with E-state index in [-0.39, 0.29) is 6.67 Å². The largest absolute Gasteiger partial charge is 0.247 e. The number of terminal acetylenes is 1. The monoisotopic (exact) mass is 144 g/mol. The molecule has 0 amide bonds. The zero-order valence-corrected chi connectivity index (χ0v) is 7.32. The van der Waals surface area contributed by atoms with Crippen LogP contribution in [0, 0.1) is 12.3 Å². The van der Waals surface area contributed by atoms with E-state index in [0.717, 1.165) is 0 Å². The predicted octanol–water partition coefficient (Wildman–Crippen LogP) is 3.20. The molecule has 0 heterocycles. The van der Waals surface area contributed by atoms with Crippen LogP contribution in [-0.4, -0.2) is 6.67 Å². The van der Waals surface area contributed by atoms with Gasteiger partial charge in [-0.25, -0.2) is 4.39 Å². The van der Waals surface area contributed by atoms with Crippen LogP contribution in [0.2, 0.25) is 0 Å². The summed E-state index contributed by atoms with van der Waals surface area (Å²) in [7, 11) is 0. The number of rotatable bonds is 1. The van der Waals surface area contributed by atoms with E-state index in [0.29, 0.717) is 0 Å². The van der Waals surface area contributed by atoms with E-state index < -0.39 is 0 Å². The van der Waals surface area contributed by atoms with Gasteiger partial charge in [-0.2, -0.15) is 0 Å². The van der Waals surface area contributed by atoms with Crippen LogP contribution < -0.4 is 0 Å². The molecule has 60 valence electrons. The van der Waals surface area contributed by atoms with Crippen molar-refractivity contribution in [2.75, 3.05) is 6.67 Å². The van der Waals surface area contributed by atoms with Crippen molar-refractivity contribution in [2.45, 2.75) is 27.7 Å². The SMILES string of the molecule is C#CC.C/C=C\CF.CC. The minimum atomic E-state index is -0.337. The summed E-state index contributed by atoms with van der Waals surface area (Å²) in [5.74, 6) is 2.25. The first-order chi connectivity index (χ1) is 4.83. The van der Waals surface area contributed by atoms with Gasteiger partial charge in [0, 0.05) is 0 Å². The third-order valence-electron chi connectivity index (χ3n) is 0.325. The summed E-state index contributed by atoms with van der Waals surface area (Å²) in [6.07, 6.45) is 7.74. The second-order valence-electron chi connectivity index (χ2n) is 1.01. The standard InChI is InChI=1S/C4H7F.C3H4.C2H6/c1-2-3-4-5;1-3-2;1-2/h2-3H,4H2,1H3;1H,2H3;1-2H3/b3-2-;;. The van der Waals surface area contributed by atoms with Crippen molar-refractivity contribution in [3.8, 4) is 12.3 Å². The van der Waals surface area contributed by atoms with E-state index in [4.69, 9.17) is 0 Å². The van der Waals surface area contributed by atoms with Crippen LogP contribution in [0.25, 0.3) is 0 Å². The molecule has 10 heavy (non-hydrogen) atoms. The molecule has 0 aliphatic heterocycles. The van der Waals surface area contributed by atoms with Crippen LogP contribution in [-0.2, 0) is 0 Å². The van der Waals surface area contributed by atoms with E-state index in [1.807, 2.05) is 13.8 Å². The number of hydrogen-bond donors (Lipinski definition) is 0. The van der Waals surface area contributed by atoms with Crippen molar-refractivity contribution < 1.29 is 4.39 Å². The van der Waals surface area contributed by atoms with E-state index in [2.05, 4.69) is 12.3 Å². The summed E-state index contributed by atoms with van der Waals surface area (Å²) in [5, 5.41) is 0. The van der Waals surface area contributed by atoms with E-state index in [1.54, 1.807) is 19.9 Å². The number of halogens is 1. The molecule has 0 nitrogen and oxygen atoms in total. The van der Waals surface area contributed by atoms with Crippen LogP contribution >= 0.6 is 0 Å². The summed E-state index contributed by atoms with van der Waals surface area (Å²) in [5.41, 5.74) is 0. The zero-order chi connectivity index (χ0) is 8.83. The lowest BCUT2D eigenvalue weighted by Crippen LogP contribution is -1.53. The molecule has 0 aromatic rings. The second kappa shape index (κ2) is 41.2. The van der Waals surface area contributed by atoms with Crippen LogP contribution in [0.15, 0.2) is 12.2 Å². The molecule has 0 saturated heterocycles. The van der Waals surface area contributed by atoms with Crippen molar-refractivity contribution in [3.63, 3.8) is 0 Å². The molecule has 0 atom stereocenters.